The standard InChI is InChI=1S/C14H16N4OS/c1-2-5-12-16-13(18-14(15)17-12)10-8-20-11-7-4-3-6-9(11)19-10/h3-4,6-7,10H,2,5,8H2,1H3,(H2,15,16,17,18). The number of para-hydroxylation sites is 1. The molecule has 0 radical (unpaired) electrons. The number of hydrogen-bond acceptors (Lipinski definition) is 6. The number of aromatic nitrogens is 3. The summed E-state index contributed by atoms with van der Waals surface area (Å²) in [4.78, 5) is 14.0. The summed E-state index contributed by atoms with van der Waals surface area (Å²) >= 11 is 1.75. The van der Waals surface area contributed by atoms with Crippen LogP contribution in [0.2, 0.25) is 0 Å². The fourth-order valence-corrected chi connectivity index (χ4v) is 3.06. The van der Waals surface area contributed by atoms with E-state index in [1.165, 1.54) is 0 Å². The molecule has 1 aromatic carbocycles. The van der Waals surface area contributed by atoms with Gasteiger partial charge in [0.2, 0.25) is 5.95 Å². The molecule has 20 heavy (non-hydrogen) atoms. The van der Waals surface area contributed by atoms with Crippen molar-refractivity contribution >= 4 is 17.7 Å². The number of benzene rings is 1. The van der Waals surface area contributed by atoms with Crippen molar-refractivity contribution in [2.45, 2.75) is 30.8 Å². The largest absolute Gasteiger partial charge is 0.480 e. The summed E-state index contributed by atoms with van der Waals surface area (Å²) in [7, 11) is 0. The van der Waals surface area contributed by atoms with Crippen molar-refractivity contribution < 1.29 is 4.74 Å². The van der Waals surface area contributed by atoms with Gasteiger partial charge in [0.05, 0.1) is 0 Å². The second-order valence-electron chi connectivity index (χ2n) is 4.58. The van der Waals surface area contributed by atoms with Gasteiger partial charge < -0.3 is 10.5 Å². The van der Waals surface area contributed by atoms with E-state index in [9.17, 15) is 0 Å². The average molecular weight is 288 g/mol. The van der Waals surface area contributed by atoms with Gasteiger partial charge in [-0.15, -0.1) is 11.8 Å². The fraction of sp³-hybridized carbons (Fsp3) is 0.357. The Morgan fingerprint density at radius 3 is 3.00 bits per heavy atom. The maximum Gasteiger partial charge on any atom is 0.223 e. The maximum absolute atomic E-state index is 5.98. The Balaban J connectivity index is 1.87. The lowest BCUT2D eigenvalue weighted by Crippen LogP contribution is -2.20. The van der Waals surface area contributed by atoms with Crippen LogP contribution in [0.15, 0.2) is 29.2 Å². The van der Waals surface area contributed by atoms with Gasteiger partial charge in [-0.2, -0.15) is 9.97 Å². The van der Waals surface area contributed by atoms with Gasteiger partial charge in [0, 0.05) is 17.1 Å². The van der Waals surface area contributed by atoms with E-state index in [1.807, 2.05) is 18.2 Å². The third-order valence-corrected chi connectivity index (χ3v) is 4.10. The topological polar surface area (TPSA) is 73.9 Å². The Labute approximate surface area is 122 Å². The van der Waals surface area contributed by atoms with E-state index >= 15 is 0 Å². The quantitative estimate of drug-likeness (QED) is 0.936. The number of anilines is 1. The molecule has 0 fully saturated rings. The SMILES string of the molecule is CCCc1nc(N)nc(C2CSc3ccccc3O2)n1. The summed E-state index contributed by atoms with van der Waals surface area (Å²) in [5.74, 6) is 3.30. The minimum absolute atomic E-state index is 0.171. The summed E-state index contributed by atoms with van der Waals surface area (Å²) < 4.78 is 5.98. The predicted molar refractivity (Wildman–Crippen MR) is 78.8 cm³/mol. The molecule has 1 aliphatic heterocycles. The highest BCUT2D eigenvalue weighted by Crippen LogP contribution is 2.39. The molecule has 0 bridgehead atoms. The van der Waals surface area contributed by atoms with E-state index in [0.717, 1.165) is 35.1 Å². The highest BCUT2D eigenvalue weighted by atomic mass is 32.2. The van der Waals surface area contributed by atoms with E-state index in [0.29, 0.717) is 5.82 Å². The monoisotopic (exact) mass is 288 g/mol. The molecular weight excluding hydrogens is 272 g/mol. The smallest absolute Gasteiger partial charge is 0.223 e. The number of aryl methyl sites for hydroxylation is 1. The van der Waals surface area contributed by atoms with Crippen LogP contribution >= 0.6 is 11.8 Å². The molecule has 1 atom stereocenters. The number of hydrogen-bond donors (Lipinski definition) is 1. The summed E-state index contributed by atoms with van der Waals surface area (Å²) in [5.41, 5.74) is 5.77. The van der Waals surface area contributed by atoms with Crippen LogP contribution < -0.4 is 10.5 Å². The molecule has 1 aliphatic rings. The first-order valence-corrected chi connectivity index (χ1v) is 7.63. The molecular formula is C14H16N4OS. The first-order valence-electron chi connectivity index (χ1n) is 6.65. The first kappa shape index (κ1) is 13.2. The molecule has 2 heterocycles. The second kappa shape index (κ2) is 5.66. The van der Waals surface area contributed by atoms with Gasteiger partial charge in [0.1, 0.15) is 11.6 Å². The van der Waals surface area contributed by atoms with Crippen molar-refractivity contribution in [1.29, 1.82) is 0 Å². The van der Waals surface area contributed by atoms with Crippen molar-refractivity contribution in [2.24, 2.45) is 0 Å². The van der Waals surface area contributed by atoms with Crippen LogP contribution in [0.5, 0.6) is 5.75 Å². The van der Waals surface area contributed by atoms with Crippen molar-refractivity contribution in [2.75, 3.05) is 11.5 Å². The van der Waals surface area contributed by atoms with Gasteiger partial charge in [0.25, 0.3) is 0 Å². The summed E-state index contributed by atoms with van der Waals surface area (Å²) in [5, 5.41) is 0. The Kier molecular flexibility index (Phi) is 3.73. The summed E-state index contributed by atoms with van der Waals surface area (Å²) in [6.07, 6.45) is 1.61. The Morgan fingerprint density at radius 1 is 1.30 bits per heavy atom. The Bertz CT molecular complexity index is 620. The number of ether oxygens (including phenoxy) is 1. The molecule has 1 unspecified atom stereocenters. The zero-order valence-corrected chi connectivity index (χ0v) is 12.1. The molecule has 6 heteroatoms. The Hall–Kier alpha value is -1.82. The molecule has 2 N–H and O–H groups in total. The lowest BCUT2D eigenvalue weighted by Gasteiger charge is -2.24. The molecule has 0 saturated heterocycles. The van der Waals surface area contributed by atoms with Gasteiger partial charge >= 0.3 is 0 Å². The number of fused-ring (bicyclic) bond motifs is 1. The van der Waals surface area contributed by atoms with E-state index in [1.54, 1.807) is 11.8 Å². The minimum atomic E-state index is -0.171. The minimum Gasteiger partial charge on any atom is -0.480 e. The van der Waals surface area contributed by atoms with Crippen molar-refractivity contribution in [1.82, 2.24) is 15.0 Å². The average Bonchev–Trinajstić information content (AvgIpc) is 2.46. The lowest BCUT2D eigenvalue weighted by atomic mass is 10.3. The van der Waals surface area contributed by atoms with E-state index in [4.69, 9.17) is 10.5 Å². The number of nitrogen functional groups attached to an aromatic ring is 1. The first-order chi connectivity index (χ1) is 9.76. The molecule has 104 valence electrons. The van der Waals surface area contributed by atoms with E-state index in [-0.39, 0.29) is 12.1 Å². The normalized spacial score (nSPS) is 17.4. The number of nitrogens with zero attached hydrogens (tertiary/aromatic N) is 3. The molecule has 2 aromatic rings. The third-order valence-electron chi connectivity index (χ3n) is 2.99. The van der Waals surface area contributed by atoms with Crippen molar-refractivity contribution in [3.8, 4) is 5.75 Å². The highest BCUT2D eigenvalue weighted by Gasteiger charge is 2.24. The van der Waals surface area contributed by atoms with Crippen LogP contribution in [0.1, 0.15) is 31.1 Å². The van der Waals surface area contributed by atoms with Gasteiger partial charge in [-0.1, -0.05) is 19.1 Å². The maximum atomic E-state index is 5.98. The molecule has 0 spiro atoms. The predicted octanol–water partition coefficient (Wildman–Crippen LogP) is 2.63. The number of rotatable bonds is 3. The highest BCUT2D eigenvalue weighted by molar-refractivity contribution is 7.99. The van der Waals surface area contributed by atoms with Gasteiger partial charge in [-0.25, -0.2) is 4.98 Å². The van der Waals surface area contributed by atoms with Crippen molar-refractivity contribution in [3.05, 3.63) is 35.9 Å². The molecule has 5 nitrogen and oxygen atoms in total. The van der Waals surface area contributed by atoms with E-state index < -0.39 is 0 Å². The zero-order chi connectivity index (χ0) is 13.9. The number of thioether (sulfide) groups is 1. The summed E-state index contributed by atoms with van der Waals surface area (Å²) in [6.45, 7) is 2.09. The van der Waals surface area contributed by atoms with E-state index in [2.05, 4.69) is 27.9 Å². The molecule has 0 aliphatic carbocycles. The van der Waals surface area contributed by atoms with Crippen molar-refractivity contribution in [3.63, 3.8) is 0 Å². The van der Waals surface area contributed by atoms with Crippen LogP contribution in [0.3, 0.4) is 0 Å². The third kappa shape index (κ3) is 2.70. The zero-order valence-electron chi connectivity index (χ0n) is 11.2. The lowest BCUT2D eigenvalue weighted by molar-refractivity contribution is 0.209. The van der Waals surface area contributed by atoms with Crippen LogP contribution in [-0.4, -0.2) is 20.7 Å². The fourth-order valence-electron chi connectivity index (χ4n) is 2.08. The molecule has 0 amide bonds. The van der Waals surface area contributed by atoms with Gasteiger partial charge in [-0.05, 0) is 18.6 Å². The Morgan fingerprint density at radius 2 is 2.15 bits per heavy atom. The van der Waals surface area contributed by atoms with Gasteiger partial charge in [0.15, 0.2) is 11.9 Å². The van der Waals surface area contributed by atoms with Crippen LogP contribution in [0.4, 0.5) is 5.95 Å². The number of nitrogens with two attached hydrogens (primary N) is 1. The molecule has 3 rings (SSSR count). The summed E-state index contributed by atoms with van der Waals surface area (Å²) in [6, 6.07) is 7.99. The van der Waals surface area contributed by atoms with Crippen LogP contribution in [0.25, 0.3) is 0 Å². The molecule has 1 aromatic heterocycles. The van der Waals surface area contributed by atoms with Crippen LogP contribution in [0, 0.1) is 0 Å². The molecule has 0 saturated carbocycles. The van der Waals surface area contributed by atoms with Crippen LogP contribution in [-0.2, 0) is 6.42 Å². The van der Waals surface area contributed by atoms with Gasteiger partial charge in [-0.3, -0.25) is 0 Å². The second-order valence-corrected chi connectivity index (χ2v) is 5.64.